The van der Waals surface area contributed by atoms with Crippen LogP contribution in [0.25, 0.3) is 5.69 Å². The van der Waals surface area contributed by atoms with Gasteiger partial charge in [0, 0.05) is 22.7 Å². The van der Waals surface area contributed by atoms with Gasteiger partial charge in [0.1, 0.15) is 0 Å². The van der Waals surface area contributed by atoms with E-state index in [0.717, 1.165) is 10.2 Å². The molecule has 0 bridgehead atoms. The number of rotatable bonds is 1. The smallest absolute Gasteiger partial charge is 0.0544 e. The van der Waals surface area contributed by atoms with Crippen LogP contribution < -0.4 is 4.68 Å². The monoisotopic (exact) mass is 235 g/mol. The van der Waals surface area contributed by atoms with E-state index in [2.05, 4.69) is 21.0 Å². The third-order valence-electron chi connectivity index (χ3n) is 1.69. The Kier molecular flexibility index (Phi) is 2.36. The van der Waals surface area contributed by atoms with Crippen LogP contribution in [0.4, 0.5) is 0 Å². The number of halogens is 1. The lowest BCUT2D eigenvalue weighted by Crippen LogP contribution is -2.33. The molecular weight excluding hydrogens is 228 g/mol. The van der Waals surface area contributed by atoms with Gasteiger partial charge in [0.05, 0.1) is 6.20 Å². The number of benzene rings is 1. The number of hydrogen-bond acceptors (Lipinski definition) is 1. The molecule has 0 saturated carbocycles. The molecule has 64 valence electrons. The van der Waals surface area contributed by atoms with Gasteiger partial charge in [0.25, 0.3) is 0 Å². The Bertz CT molecular complexity index is 401. The van der Waals surface area contributed by atoms with Gasteiger partial charge in [-0.1, -0.05) is 26.7 Å². The summed E-state index contributed by atoms with van der Waals surface area (Å²) < 4.78 is 2.88. The molecule has 1 aromatic heterocycles. The van der Waals surface area contributed by atoms with E-state index in [4.69, 9.17) is 0 Å². The first-order valence-electron chi connectivity index (χ1n) is 3.95. The number of nitrogens with zero attached hydrogens (tertiary/aromatic N) is 2. The standard InChI is InChI=1S/C10H8BrN2/c11-9-4-3-5-10(8-9)13-7-2-1-6-12-13/h1-8H/q+1. The molecule has 0 saturated heterocycles. The van der Waals surface area contributed by atoms with Gasteiger partial charge >= 0.3 is 0 Å². The number of hydrogen-bond donors (Lipinski definition) is 0. The molecule has 3 heteroatoms. The fraction of sp³-hybridized carbons (Fsp3) is 0. The molecule has 13 heavy (non-hydrogen) atoms. The average molecular weight is 236 g/mol. The van der Waals surface area contributed by atoms with E-state index in [0.29, 0.717) is 0 Å². The van der Waals surface area contributed by atoms with Crippen molar-refractivity contribution in [1.29, 1.82) is 0 Å². The van der Waals surface area contributed by atoms with E-state index in [1.165, 1.54) is 0 Å². The van der Waals surface area contributed by atoms with Gasteiger partial charge in [-0.25, -0.2) is 0 Å². The zero-order valence-corrected chi connectivity index (χ0v) is 8.48. The van der Waals surface area contributed by atoms with Crippen LogP contribution in [-0.2, 0) is 0 Å². The van der Waals surface area contributed by atoms with E-state index in [9.17, 15) is 0 Å². The molecule has 1 heterocycles. The Morgan fingerprint density at radius 3 is 2.77 bits per heavy atom. The van der Waals surface area contributed by atoms with Gasteiger partial charge in [-0.05, 0) is 17.2 Å². The fourth-order valence-electron chi connectivity index (χ4n) is 1.10. The molecule has 0 N–H and O–H groups in total. The quantitative estimate of drug-likeness (QED) is 0.693. The Hall–Kier alpha value is -1.22. The highest BCUT2D eigenvalue weighted by atomic mass is 79.9. The summed E-state index contributed by atoms with van der Waals surface area (Å²) in [6.07, 6.45) is 3.68. The third-order valence-corrected chi connectivity index (χ3v) is 2.18. The fourth-order valence-corrected chi connectivity index (χ4v) is 1.49. The molecule has 0 aliphatic carbocycles. The van der Waals surface area contributed by atoms with Crippen LogP contribution in [0.15, 0.2) is 53.3 Å². The predicted molar refractivity (Wildman–Crippen MR) is 53.5 cm³/mol. The van der Waals surface area contributed by atoms with Crippen LogP contribution in [0.3, 0.4) is 0 Å². The first-order valence-corrected chi connectivity index (χ1v) is 4.74. The molecule has 0 atom stereocenters. The van der Waals surface area contributed by atoms with Crippen molar-refractivity contribution in [2.45, 2.75) is 0 Å². The second-order valence-electron chi connectivity index (χ2n) is 2.62. The van der Waals surface area contributed by atoms with E-state index < -0.39 is 0 Å². The molecule has 0 aliphatic rings. The average Bonchev–Trinajstić information content (AvgIpc) is 2.19. The maximum Gasteiger partial charge on any atom is 0.239 e. The van der Waals surface area contributed by atoms with Crippen molar-refractivity contribution in [3.63, 3.8) is 0 Å². The molecule has 2 rings (SSSR count). The topological polar surface area (TPSA) is 16.8 Å². The Morgan fingerprint density at radius 1 is 1.15 bits per heavy atom. The molecule has 0 amide bonds. The van der Waals surface area contributed by atoms with Crippen LogP contribution in [0, 0.1) is 0 Å². The van der Waals surface area contributed by atoms with Crippen LogP contribution in [0.1, 0.15) is 0 Å². The van der Waals surface area contributed by atoms with E-state index in [-0.39, 0.29) is 0 Å². The lowest BCUT2D eigenvalue weighted by Gasteiger charge is -1.92. The van der Waals surface area contributed by atoms with Crippen LogP contribution in [0.2, 0.25) is 0 Å². The maximum absolute atomic E-state index is 4.19. The van der Waals surface area contributed by atoms with Gasteiger partial charge in [0.2, 0.25) is 11.9 Å². The van der Waals surface area contributed by atoms with Gasteiger partial charge in [0.15, 0.2) is 0 Å². The van der Waals surface area contributed by atoms with Gasteiger partial charge in [-0.15, -0.1) is 0 Å². The van der Waals surface area contributed by atoms with Gasteiger partial charge in [-0.3, -0.25) is 0 Å². The van der Waals surface area contributed by atoms with Crippen LogP contribution in [0.5, 0.6) is 0 Å². The second-order valence-corrected chi connectivity index (χ2v) is 3.54. The maximum atomic E-state index is 4.19. The summed E-state index contributed by atoms with van der Waals surface area (Å²) in [4.78, 5) is 0. The number of aromatic nitrogens is 2. The minimum Gasteiger partial charge on any atom is -0.0544 e. The molecule has 0 fully saturated rings. The van der Waals surface area contributed by atoms with Crippen molar-refractivity contribution in [2.24, 2.45) is 0 Å². The molecular formula is C10H8BrN2+. The van der Waals surface area contributed by atoms with Crippen molar-refractivity contribution in [2.75, 3.05) is 0 Å². The summed E-state index contributed by atoms with van der Waals surface area (Å²) in [5, 5.41) is 4.19. The summed E-state index contributed by atoms with van der Waals surface area (Å²) in [5.41, 5.74) is 1.05. The first-order chi connectivity index (χ1) is 6.36. The van der Waals surface area contributed by atoms with Gasteiger partial charge < -0.3 is 0 Å². The van der Waals surface area contributed by atoms with E-state index in [1.807, 2.05) is 47.3 Å². The third kappa shape index (κ3) is 1.92. The highest BCUT2D eigenvalue weighted by Crippen LogP contribution is 2.10. The SMILES string of the molecule is Brc1cccc(-[n+]2ccccn2)c1. The zero-order chi connectivity index (χ0) is 9.10. The molecule has 0 radical (unpaired) electrons. The minimum atomic E-state index is 1.05. The zero-order valence-electron chi connectivity index (χ0n) is 6.89. The largest absolute Gasteiger partial charge is 0.239 e. The normalized spacial score (nSPS) is 9.92. The summed E-state index contributed by atoms with van der Waals surface area (Å²) in [6, 6.07) is 11.9. The van der Waals surface area contributed by atoms with Crippen molar-refractivity contribution >= 4 is 15.9 Å². The molecule has 2 aromatic rings. The Labute approximate surface area is 85.0 Å². The molecule has 1 aromatic carbocycles. The van der Waals surface area contributed by atoms with Crippen molar-refractivity contribution < 1.29 is 4.68 Å². The minimum absolute atomic E-state index is 1.05. The lowest BCUT2D eigenvalue weighted by atomic mass is 10.3. The van der Waals surface area contributed by atoms with E-state index in [1.54, 1.807) is 6.20 Å². The van der Waals surface area contributed by atoms with Gasteiger partial charge in [-0.2, -0.15) is 0 Å². The van der Waals surface area contributed by atoms with E-state index >= 15 is 0 Å². The second kappa shape index (κ2) is 3.66. The molecule has 2 nitrogen and oxygen atoms in total. The molecule has 0 spiro atoms. The lowest BCUT2D eigenvalue weighted by molar-refractivity contribution is -0.660. The Morgan fingerprint density at radius 2 is 2.08 bits per heavy atom. The summed E-state index contributed by atoms with van der Waals surface area (Å²) in [7, 11) is 0. The Balaban J connectivity index is 2.48. The summed E-state index contributed by atoms with van der Waals surface area (Å²) >= 11 is 3.42. The molecule has 0 aliphatic heterocycles. The summed E-state index contributed by atoms with van der Waals surface area (Å²) in [6.45, 7) is 0. The highest BCUT2D eigenvalue weighted by molar-refractivity contribution is 9.10. The predicted octanol–water partition coefficient (Wildman–Crippen LogP) is 2.12. The van der Waals surface area contributed by atoms with Crippen molar-refractivity contribution in [3.8, 4) is 5.69 Å². The van der Waals surface area contributed by atoms with Crippen molar-refractivity contribution in [1.82, 2.24) is 5.10 Å². The first kappa shape index (κ1) is 8.38. The van der Waals surface area contributed by atoms with Crippen LogP contribution in [-0.4, -0.2) is 5.10 Å². The van der Waals surface area contributed by atoms with Crippen LogP contribution >= 0.6 is 15.9 Å². The highest BCUT2D eigenvalue weighted by Gasteiger charge is 2.04. The molecule has 0 unspecified atom stereocenters. The summed E-state index contributed by atoms with van der Waals surface area (Å²) in [5.74, 6) is 0. The van der Waals surface area contributed by atoms with Crippen molar-refractivity contribution in [3.05, 3.63) is 53.3 Å².